The Morgan fingerprint density at radius 3 is 0.643 bits per heavy atom. The van der Waals surface area contributed by atoms with E-state index in [1.165, 1.54) is 44.5 Å². The van der Waals surface area contributed by atoms with E-state index in [-0.39, 0.29) is 49.6 Å². The van der Waals surface area contributed by atoms with E-state index in [1.54, 1.807) is 0 Å². The van der Waals surface area contributed by atoms with Crippen molar-refractivity contribution >= 4 is 0 Å². The molecule has 0 N–H and O–H groups in total. The zero-order valence-corrected chi connectivity index (χ0v) is 41.4. The third kappa shape index (κ3) is 13.2. The molecule has 0 unspecified atom stereocenters. The van der Waals surface area contributed by atoms with Crippen LogP contribution in [-0.2, 0) is 52.4 Å². The van der Waals surface area contributed by atoms with Gasteiger partial charge in [0.1, 0.15) is 125 Å². The van der Waals surface area contributed by atoms with E-state index in [2.05, 4.69) is 208 Å². The molecule has 0 atom stereocenters. The largest absolute Gasteiger partial charge is 1.00 e. The van der Waals surface area contributed by atoms with E-state index in [4.69, 9.17) is 9.47 Å². The molecule has 16 aliphatic rings. The molecule has 0 radical (unpaired) electrons. The molecule has 0 aliphatic carbocycles. The van der Waals surface area contributed by atoms with Crippen molar-refractivity contribution in [1.82, 2.24) is 18.3 Å². The SMILES string of the molecule is [Cl-].[Cl-].[Cl-].[Cl-].c1cc2ccc1Cn1cc[n+](c1)Cc1ccc(cc1)Oc1ccc(cc1)C[n+]1ccn(c1)Cc1ccc(cc1)Cn1cc[n+](c1)Cc1ccc(cc1)Oc1ccc(cc1)C[n+]1ccn(c1)C2. The van der Waals surface area contributed by atoms with Gasteiger partial charge in [0.15, 0.2) is 0 Å². The summed E-state index contributed by atoms with van der Waals surface area (Å²) in [7, 11) is 0. The first-order chi connectivity index (χ1) is 32.5. The highest BCUT2D eigenvalue weighted by Gasteiger charge is 2.13. The van der Waals surface area contributed by atoms with Crippen molar-refractivity contribution in [3.05, 3.63) is 265 Å². The molecule has 16 aliphatic heterocycles. The third-order valence-corrected chi connectivity index (χ3v) is 12.1. The molecule has 356 valence electrons. The first-order valence-corrected chi connectivity index (χ1v) is 22.6. The van der Waals surface area contributed by atoms with Crippen molar-refractivity contribution in [3.63, 3.8) is 0 Å². The molecule has 10 nitrogen and oxygen atoms in total. The van der Waals surface area contributed by atoms with E-state index in [1.807, 2.05) is 48.5 Å². The maximum atomic E-state index is 6.23. The molecule has 70 heavy (non-hydrogen) atoms. The van der Waals surface area contributed by atoms with Crippen molar-refractivity contribution in [2.75, 3.05) is 0 Å². The molecular weight excluding hydrogens is 958 g/mol. The number of halogens is 4. The van der Waals surface area contributed by atoms with E-state index in [0.29, 0.717) is 0 Å². The molecule has 20 bridgehead atoms. The van der Waals surface area contributed by atoms with Crippen LogP contribution in [-0.4, -0.2) is 18.3 Å². The lowest BCUT2D eigenvalue weighted by Crippen LogP contribution is -3.00. The van der Waals surface area contributed by atoms with Gasteiger partial charge in [-0.15, -0.1) is 0 Å². The highest BCUT2D eigenvalue weighted by Crippen LogP contribution is 2.24. The molecule has 6 aromatic carbocycles. The zero-order chi connectivity index (χ0) is 44.1. The van der Waals surface area contributed by atoms with E-state index in [0.717, 1.165) is 75.4 Å². The second-order valence-corrected chi connectivity index (χ2v) is 17.4. The molecule has 0 amide bonds. The summed E-state index contributed by atoms with van der Waals surface area (Å²) in [4.78, 5) is 0. The fourth-order valence-electron chi connectivity index (χ4n) is 8.61. The fraction of sp³-hybridized carbons (Fsp3) is 0.143. The minimum absolute atomic E-state index is 0. The number of hydrogen-bond donors (Lipinski definition) is 0. The van der Waals surface area contributed by atoms with Crippen LogP contribution in [0.25, 0.3) is 0 Å². The number of nitrogens with zero attached hydrogens (tertiary/aromatic N) is 8. The van der Waals surface area contributed by atoms with Gasteiger partial charge in [0.25, 0.3) is 0 Å². The minimum Gasteiger partial charge on any atom is -1.00 e. The summed E-state index contributed by atoms with van der Waals surface area (Å²) in [5.74, 6) is 3.29. The monoisotopic (exact) mass is 1010 g/mol. The Kier molecular flexibility index (Phi) is 17.0. The van der Waals surface area contributed by atoms with Crippen molar-refractivity contribution < 1.29 is 77.4 Å². The van der Waals surface area contributed by atoms with Crippen LogP contribution in [0.3, 0.4) is 0 Å². The number of hydrogen-bond acceptors (Lipinski definition) is 2. The summed E-state index contributed by atoms with van der Waals surface area (Å²) in [5, 5.41) is 0. The number of ether oxygens (including phenoxy) is 2. The highest BCUT2D eigenvalue weighted by molar-refractivity contribution is 5.36. The van der Waals surface area contributed by atoms with Crippen LogP contribution in [0.5, 0.6) is 23.0 Å². The Morgan fingerprint density at radius 2 is 0.443 bits per heavy atom. The van der Waals surface area contributed by atoms with Gasteiger partial charge in [-0.1, -0.05) is 97.1 Å². The third-order valence-electron chi connectivity index (χ3n) is 12.1. The lowest BCUT2D eigenvalue weighted by molar-refractivity contribution is -0.688. The van der Waals surface area contributed by atoms with Crippen LogP contribution in [0, 0.1) is 0 Å². The van der Waals surface area contributed by atoms with Gasteiger partial charge in [-0.25, -0.2) is 36.5 Å². The molecule has 10 aromatic rings. The number of rotatable bonds is 0. The molecule has 0 fully saturated rings. The molecule has 26 rings (SSSR count). The van der Waals surface area contributed by atoms with Crippen LogP contribution in [0.1, 0.15) is 44.5 Å². The number of aromatic nitrogens is 8. The summed E-state index contributed by atoms with van der Waals surface area (Å²) in [6.07, 6.45) is 25.8. The zero-order valence-electron chi connectivity index (χ0n) is 38.3. The molecule has 20 heterocycles. The summed E-state index contributed by atoms with van der Waals surface area (Å²) in [6.45, 7) is 6.39. The number of benzene rings is 6. The Hall–Kier alpha value is -7.08. The summed E-state index contributed by atoms with van der Waals surface area (Å²) < 4.78 is 30.3. The lowest BCUT2D eigenvalue weighted by Gasteiger charge is -2.07. The van der Waals surface area contributed by atoms with Gasteiger partial charge in [-0.2, -0.15) is 0 Å². The van der Waals surface area contributed by atoms with E-state index in [9.17, 15) is 0 Å². The van der Waals surface area contributed by atoms with Gasteiger partial charge in [-0.05, 0) is 93.0 Å². The highest BCUT2D eigenvalue weighted by atomic mass is 35.5. The Bertz CT molecular complexity index is 2750. The molecule has 0 saturated heterocycles. The van der Waals surface area contributed by atoms with Crippen LogP contribution in [0.4, 0.5) is 0 Å². The lowest BCUT2D eigenvalue weighted by atomic mass is 10.1. The smallest absolute Gasteiger partial charge is 0.244 e. The van der Waals surface area contributed by atoms with E-state index < -0.39 is 0 Å². The Morgan fingerprint density at radius 1 is 0.257 bits per heavy atom. The molecule has 0 spiro atoms. The van der Waals surface area contributed by atoms with E-state index >= 15 is 0 Å². The second-order valence-electron chi connectivity index (χ2n) is 17.4. The van der Waals surface area contributed by atoms with Crippen molar-refractivity contribution in [2.45, 2.75) is 52.4 Å². The van der Waals surface area contributed by atoms with Gasteiger partial charge in [0.2, 0.25) is 25.3 Å². The van der Waals surface area contributed by atoms with Gasteiger partial charge in [0.05, 0.1) is 0 Å². The van der Waals surface area contributed by atoms with Crippen LogP contribution < -0.4 is 77.4 Å². The first kappa shape index (κ1) is 50.8. The van der Waals surface area contributed by atoms with Crippen molar-refractivity contribution in [2.24, 2.45) is 0 Å². The quantitative estimate of drug-likeness (QED) is 0.148. The van der Waals surface area contributed by atoms with Gasteiger partial charge in [-0.3, -0.25) is 0 Å². The Labute approximate surface area is 433 Å². The summed E-state index contributed by atoms with van der Waals surface area (Å²) in [5.41, 5.74) is 9.93. The average molecular weight is 1010 g/mol. The second kappa shape index (κ2) is 23.5. The molecule has 4 aromatic heterocycles. The summed E-state index contributed by atoms with van der Waals surface area (Å²) >= 11 is 0. The van der Waals surface area contributed by atoms with Crippen LogP contribution in [0.2, 0.25) is 0 Å². The number of imidazole rings is 4. The standard InChI is InChI=1S/C56H52N8O2.4ClH/c1-2-46-4-3-45(1)33-57-25-29-61(41-57)37-49-9-17-53(18-10-49)65-55-21-13-51(14-22-55)39-63-31-27-59(43-63)35-47-5-7-48(8-6-47)36-60-28-32-64(44-60)40-52-15-23-56(24-16-52)66-54-19-11-50(12-20-54)38-62-30-26-58(34-46)42-62;;;;/h1-32,41-44H,33-40H2;4*1H/q+4;;;;/p-4. The maximum absolute atomic E-state index is 6.23. The summed E-state index contributed by atoms with van der Waals surface area (Å²) in [6, 6.07) is 51.4. The van der Waals surface area contributed by atoms with Gasteiger partial charge >= 0.3 is 0 Å². The predicted octanol–water partition coefficient (Wildman–Crippen LogP) is -3.66. The van der Waals surface area contributed by atoms with Gasteiger partial charge in [0, 0.05) is 0 Å². The van der Waals surface area contributed by atoms with Gasteiger partial charge < -0.3 is 59.1 Å². The molecule has 0 saturated carbocycles. The average Bonchev–Trinajstić information content (AvgIpc) is 4.18. The minimum atomic E-state index is 0. The van der Waals surface area contributed by atoms with Crippen molar-refractivity contribution in [1.29, 1.82) is 0 Å². The van der Waals surface area contributed by atoms with Crippen molar-refractivity contribution in [3.8, 4) is 23.0 Å². The maximum Gasteiger partial charge on any atom is 0.244 e. The Balaban J connectivity index is 0.00000180. The fourth-order valence-corrected chi connectivity index (χ4v) is 8.61. The topological polar surface area (TPSA) is 53.7 Å². The normalized spacial score (nSPS) is 12.5. The predicted molar refractivity (Wildman–Crippen MR) is 250 cm³/mol. The van der Waals surface area contributed by atoms with Crippen LogP contribution in [0.15, 0.2) is 220 Å². The first-order valence-electron chi connectivity index (χ1n) is 22.6. The molecular formula is C56H52Cl4N8O2. The molecule has 14 heteroatoms. The van der Waals surface area contributed by atoms with Crippen LogP contribution >= 0.6 is 0 Å².